The zero-order chi connectivity index (χ0) is 24.7. The summed E-state index contributed by atoms with van der Waals surface area (Å²) in [4.78, 5) is 35.2. The Bertz CT molecular complexity index is 1330. The molecule has 0 aliphatic rings. The molecule has 0 heterocycles. The molecule has 0 saturated heterocycles. The molecule has 12 heteroatoms. The average molecular weight is 484 g/mol. The first-order valence-corrected chi connectivity index (χ1v) is 11.4. The Morgan fingerprint density at radius 2 is 1.62 bits per heavy atom. The Morgan fingerprint density at radius 1 is 0.912 bits per heavy atom. The second kappa shape index (κ2) is 10.6. The summed E-state index contributed by atoms with van der Waals surface area (Å²) < 4.78 is 27.7. The molecule has 0 fully saturated rings. The number of carbonyl (C=O) groups is 2. The van der Waals surface area contributed by atoms with Gasteiger partial charge in [-0.2, -0.15) is 0 Å². The fourth-order valence-corrected chi connectivity index (χ4v) is 4.03. The summed E-state index contributed by atoms with van der Waals surface area (Å²) in [6.07, 6.45) is 0. The van der Waals surface area contributed by atoms with Gasteiger partial charge in [-0.3, -0.25) is 30.6 Å². The maximum atomic E-state index is 12.6. The summed E-state index contributed by atoms with van der Waals surface area (Å²) in [5, 5.41) is 13.7. The SMILES string of the molecule is CNc1ccc([N+](=O)[O-])cc1C(=O)NNC(=O)c1cccc(S(=O)(=O)NCc2ccccc2)c1. The second-order valence-corrected chi connectivity index (χ2v) is 8.75. The van der Waals surface area contributed by atoms with Crippen molar-refractivity contribution in [2.45, 2.75) is 11.4 Å². The van der Waals surface area contributed by atoms with Crippen molar-refractivity contribution in [2.24, 2.45) is 0 Å². The molecule has 11 nitrogen and oxygen atoms in total. The molecule has 0 spiro atoms. The molecular weight excluding hydrogens is 462 g/mol. The van der Waals surface area contributed by atoms with Crippen LogP contribution in [0.25, 0.3) is 0 Å². The van der Waals surface area contributed by atoms with Gasteiger partial charge in [0.25, 0.3) is 17.5 Å². The van der Waals surface area contributed by atoms with E-state index in [1.54, 1.807) is 24.3 Å². The molecule has 0 unspecified atom stereocenters. The largest absolute Gasteiger partial charge is 0.387 e. The van der Waals surface area contributed by atoms with E-state index in [1.807, 2.05) is 6.07 Å². The first-order chi connectivity index (χ1) is 16.2. The lowest BCUT2D eigenvalue weighted by molar-refractivity contribution is -0.384. The highest BCUT2D eigenvalue weighted by atomic mass is 32.2. The lowest BCUT2D eigenvalue weighted by Crippen LogP contribution is -2.42. The van der Waals surface area contributed by atoms with Crippen LogP contribution in [0.1, 0.15) is 26.3 Å². The number of non-ortho nitro benzene ring substituents is 1. The summed E-state index contributed by atoms with van der Waals surface area (Å²) >= 11 is 0. The molecule has 0 atom stereocenters. The van der Waals surface area contributed by atoms with E-state index in [9.17, 15) is 28.1 Å². The van der Waals surface area contributed by atoms with Gasteiger partial charge in [-0.05, 0) is 29.8 Å². The highest BCUT2D eigenvalue weighted by Crippen LogP contribution is 2.21. The molecule has 2 amide bonds. The molecule has 0 radical (unpaired) electrons. The van der Waals surface area contributed by atoms with Gasteiger partial charge in [-0.1, -0.05) is 36.4 Å². The van der Waals surface area contributed by atoms with Gasteiger partial charge < -0.3 is 5.32 Å². The Morgan fingerprint density at radius 3 is 2.29 bits per heavy atom. The molecule has 3 aromatic carbocycles. The first kappa shape index (κ1) is 24.4. The number of sulfonamides is 1. The van der Waals surface area contributed by atoms with Crippen molar-refractivity contribution in [3.63, 3.8) is 0 Å². The normalized spacial score (nSPS) is 10.9. The van der Waals surface area contributed by atoms with Gasteiger partial charge in [0.2, 0.25) is 10.0 Å². The van der Waals surface area contributed by atoms with E-state index in [4.69, 9.17) is 0 Å². The van der Waals surface area contributed by atoms with Crippen LogP contribution >= 0.6 is 0 Å². The smallest absolute Gasteiger partial charge is 0.272 e. The molecular formula is C22H21N5O6S. The van der Waals surface area contributed by atoms with Gasteiger partial charge in [0.05, 0.1) is 15.4 Å². The van der Waals surface area contributed by atoms with E-state index < -0.39 is 26.8 Å². The molecule has 0 aliphatic heterocycles. The third-order valence-corrected chi connectivity index (χ3v) is 6.13. The molecule has 34 heavy (non-hydrogen) atoms. The number of hydrogen-bond donors (Lipinski definition) is 4. The topological polar surface area (TPSA) is 160 Å². The van der Waals surface area contributed by atoms with Crippen molar-refractivity contribution >= 4 is 33.2 Å². The van der Waals surface area contributed by atoms with Crippen molar-refractivity contribution in [2.75, 3.05) is 12.4 Å². The van der Waals surface area contributed by atoms with Crippen LogP contribution < -0.4 is 20.9 Å². The van der Waals surface area contributed by atoms with Crippen molar-refractivity contribution in [1.82, 2.24) is 15.6 Å². The molecule has 3 aromatic rings. The van der Waals surface area contributed by atoms with Crippen LogP contribution in [0.3, 0.4) is 0 Å². The number of nitrogens with one attached hydrogen (secondary N) is 4. The molecule has 176 valence electrons. The fourth-order valence-electron chi connectivity index (χ4n) is 2.97. The van der Waals surface area contributed by atoms with E-state index in [1.165, 1.54) is 43.4 Å². The van der Waals surface area contributed by atoms with Crippen LogP contribution in [0.5, 0.6) is 0 Å². The van der Waals surface area contributed by atoms with Gasteiger partial charge in [0.15, 0.2) is 0 Å². The minimum atomic E-state index is -3.90. The highest BCUT2D eigenvalue weighted by molar-refractivity contribution is 7.89. The maximum absolute atomic E-state index is 12.6. The summed E-state index contributed by atoms with van der Waals surface area (Å²) in [6, 6.07) is 17.9. The lowest BCUT2D eigenvalue weighted by Gasteiger charge is -2.12. The predicted molar refractivity (Wildman–Crippen MR) is 124 cm³/mol. The third-order valence-electron chi connectivity index (χ3n) is 4.73. The molecule has 0 saturated carbocycles. The zero-order valence-electron chi connectivity index (χ0n) is 17.9. The number of amides is 2. The van der Waals surface area contributed by atoms with E-state index in [-0.39, 0.29) is 28.3 Å². The number of hydrazine groups is 1. The standard InChI is InChI=1S/C22H21N5O6S/c1-23-20-11-10-17(27(30)31)13-19(20)22(29)26-25-21(28)16-8-5-9-18(12-16)34(32,33)24-14-15-6-3-2-4-7-15/h2-13,23-24H,14H2,1H3,(H,25,28)(H,26,29). The van der Waals surface area contributed by atoms with Gasteiger partial charge in [-0.25, -0.2) is 13.1 Å². The van der Waals surface area contributed by atoms with Gasteiger partial charge in [0, 0.05) is 37.0 Å². The molecule has 0 bridgehead atoms. The van der Waals surface area contributed by atoms with E-state index in [2.05, 4.69) is 20.9 Å². The number of anilines is 1. The van der Waals surface area contributed by atoms with Crippen LogP contribution in [-0.2, 0) is 16.6 Å². The summed E-state index contributed by atoms with van der Waals surface area (Å²) in [6.45, 7) is 0.0761. The highest BCUT2D eigenvalue weighted by Gasteiger charge is 2.19. The average Bonchev–Trinajstić information content (AvgIpc) is 2.86. The summed E-state index contributed by atoms with van der Waals surface area (Å²) in [5.74, 6) is -1.57. The minimum absolute atomic E-state index is 0.0178. The second-order valence-electron chi connectivity index (χ2n) is 6.98. The van der Waals surface area contributed by atoms with Crippen LogP contribution in [0, 0.1) is 10.1 Å². The molecule has 3 rings (SSSR count). The Labute approximate surface area is 195 Å². The minimum Gasteiger partial charge on any atom is -0.387 e. The molecule has 0 aliphatic carbocycles. The fraction of sp³-hybridized carbons (Fsp3) is 0.0909. The zero-order valence-corrected chi connectivity index (χ0v) is 18.8. The van der Waals surface area contributed by atoms with Crippen LogP contribution in [0.4, 0.5) is 11.4 Å². The Kier molecular flexibility index (Phi) is 7.56. The maximum Gasteiger partial charge on any atom is 0.272 e. The van der Waals surface area contributed by atoms with E-state index in [0.717, 1.165) is 11.6 Å². The van der Waals surface area contributed by atoms with Crippen molar-refractivity contribution in [3.05, 3.63) is 99.6 Å². The first-order valence-electron chi connectivity index (χ1n) is 9.92. The number of nitrogens with zero attached hydrogens (tertiary/aromatic N) is 1. The summed E-state index contributed by atoms with van der Waals surface area (Å²) in [5.41, 5.74) is 5.07. The van der Waals surface area contributed by atoms with Crippen LogP contribution in [0.15, 0.2) is 77.7 Å². The van der Waals surface area contributed by atoms with Gasteiger partial charge in [-0.15, -0.1) is 0 Å². The van der Waals surface area contributed by atoms with Crippen molar-refractivity contribution in [1.29, 1.82) is 0 Å². The van der Waals surface area contributed by atoms with Crippen LogP contribution in [0.2, 0.25) is 0 Å². The number of hydrogen-bond acceptors (Lipinski definition) is 7. The predicted octanol–water partition coefficient (Wildman–Crippen LogP) is 2.19. The number of nitro groups is 1. The van der Waals surface area contributed by atoms with Gasteiger partial charge in [0.1, 0.15) is 0 Å². The van der Waals surface area contributed by atoms with Crippen LogP contribution in [-0.4, -0.2) is 32.2 Å². The Hall–Kier alpha value is -4.29. The number of benzene rings is 3. The molecule has 0 aromatic heterocycles. The number of rotatable bonds is 8. The monoisotopic (exact) mass is 483 g/mol. The number of carbonyl (C=O) groups excluding carboxylic acids is 2. The Balaban J connectivity index is 1.69. The quantitative estimate of drug-likeness (QED) is 0.282. The third kappa shape index (κ3) is 5.94. The van der Waals surface area contributed by atoms with Crippen molar-refractivity contribution in [3.8, 4) is 0 Å². The summed E-state index contributed by atoms with van der Waals surface area (Å²) in [7, 11) is -2.36. The van der Waals surface area contributed by atoms with Gasteiger partial charge >= 0.3 is 0 Å². The van der Waals surface area contributed by atoms with Crippen molar-refractivity contribution < 1.29 is 22.9 Å². The number of nitro benzene ring substituents is 1. The molecule has 4 N–H and O–H groups in total. The van der Waals surface area contributed by atoms with E-state index >= 15 is 0 Å². The van der Waals surface area contributed by atoms with E-state index in [0.29, 0.717) is 5.69 Å². The lowest BCUT2D eigenvalue weighted by atomic mass is 10.1.